The van der Waals surface area contributed by atoms with Crippen LogP contribution in [0.3, 0.4) is 0 Å². The number of amides is 4. The molecule has 3 heterocycles. The Labute approximate surface area is 338 Å². The molecule has 1 aromatic carbocycles. The van der Waals surface area contributed by atoms with Crippen molar-refractivity contribution in [2.24, 2.45) is 17.8 Å². The summed E-state index contributed by atoms with van der Waals surface area (Å²) >= 11 is -1.51. The Hall–Kier alpha value is -3.78. The van der Waals surface area contributed by atoms with Gasteiger partial charge in [-0.3, -0.25) is 14.4 Å². The average Bonchev–Trinajstić information content (AvgIpc) is 3.98. The van der Waals surface area contributed by atoms with Gasteiger partial charge in [0.2, 0.25) is 17.7 Å². The molecule has 1 aromatic heterocycles. The maximum absolute atomic E-state index is 15.0. The van der Waals surface area contributed by atoms with Gasteiger partial charge < -0.3 is 34.3 Å². The molecule has 2 aromatic rings. The maximum atomic E-state index is 15.0. The third-order valence-electron chi connectivity index (χ3n) is 13.4. The number of carbonyl (C=O) groups is 4. The molecule has 14 heteroatoms. The number of hydrogen-bond donors (Lipinski definition) is 3. The van der Waals surface area contributed by atoms with Gasteiger partial charge in [-0.2, -0.15) is 4.72 Å². The van der Waals surface area contributed by atoms with Crippen molar-refractivity contribution in [3.8, 4) is 11.6 Å². The van der Waals surface area contributed by atoms with Crippen LogP contribution in [0, 0.1) is 17.8 Å². The smallest absolute Gasteiger partial charge is 0.408 e. The zero-order valence-electron chi connectivity index (χ0n) is 33.4. The van der Waals surface area contributed by atoms with Crippen molar-refractivity contribution in [2.45, 2.75) is 158 Å². The zero-order valence-corrected chi connectivity index (χ0v) is 34.2. The summed E-state index contributed by atoms with van der Waals surface area (Å²) in [6.45, 7) is 4.48. The third-order valence-corrected chi connectivity index (χ3v) is 14.9. The lowest BCUT2D eigenvalue weighted by Crippen LogP contribution is -2.59. The molecule has 1 unspecified atom stereocenters. The van der Waals surface area contributed by atoms with Crippen LogP contribution in [0.15, 0.2) is 24.3 Å². The number of nitrogens with one attached hydrogen (secondary N) is 3. The van der Waals surface area contributed by atoms with E-state index in [1.165, 1.54) is 0 Å². The normalized spacial score (nSPS) is 31.5. The largest absolute Gasteiger partial charge is 0.593 e. The number of para-hydroxylation sites is 1. The van der Waals surface area contributed by atoms with Crippen LogP contribution in [-0.4, -0.2) is 86.5 Å². The molecule has 8 rings (SSSR count). The molecule has 3 N–H and O–H groups in total. The number of rotatable bonds is 9. The van der Waals surface area contributed by atoms with Crippen LogP contribution in [0.4, 0.5) is 4.79 Å². The summed E-state index contributed by atoms with van der Waals surface area (Å²) in [5.41, 5.74) is 0.401. The monoisotopic (exact) mass is 805 g/mol. The van der Waals surface area contributed by atoms with E-state index in [1.807, 2.05) is 38.1 Å². The lowest BCUT2D eigenvalue weighted by molar-refractivity contribution is -0.142. The Morgan fingerprint density at radius 3 is 2.49 bits per heavy atom. The van der Waals surface area contributed by atoms with E-state index < -0.39 is 53.0 Å². The van der Waals surface area contributed by atoms with Crippen LogP contribution in [0.2, 0.25) is 0 Å². The van der Waals surface area contributed by atoms with Crippen molar-refractivity contribution in [1.29, 1.82) is 0 Å². The van der Waals surface area contributed by atoms with Crippen molar-refractivity contribution in [3.05, 3.63) is 29.8 Å². The molecule has 57 heavy (non-hydrogen) atoms. The Morgan fingerprint density at radius 1 is 0.982 bits per heavy atom. The minimum absolute atomic E-state index is 0.0529. The predicted molar refractivity (Wildman–Crippen MR) is 215 cm³/mol. The van der Waals surface area contributed by atoms with Gasteiger partial charge in [-0.05, 0) is 94.6 Å². The summed E-state index contributed by atoms with van der Waals surface area (Å²) in [7, 11) is 0. The lowest BCUT2D eigenvalue weighted by Gasteiger charge is -2.32. The van der Waals surface area contributed by atoms with Crippen molar-refractivity contribution in [3.63, 3.8) is 0 Å². The molecule has 310 valence electrons. The number of aromatic nitrogens is 1. The molecule has 6 aliphatic rings. The highest BCUT2D eigenvalue weighted by atomic mass is 32.2. The first-order valence-corrected chi connectivity index (χ1v) is 22.9. The highest BCUT2D eigenvalue weighted by Gasteiger charge is 2.62. The van der Waals surface area contributed by atoms with Gasteiger partial charge in [0, 0.05) is 24.6 Å². The fourth-order valence-corrected chi connectivity index (χ4v) is 11.1. The van der Waals surface area contributed by atoms with E-state index in [0.29, 0.717) is 31.7 Å². The highest BCUT2D eigenvalue weighted by molar-refractivity contribution is 7.90. The molecular weight excluding hydrogens is 747 g/mol. The number of alkyl carbamates (subject to hydrolysis) is 1. The number of hydrogen-bond acceptors (Lipinski definition) is 9. The number of ether oxygens (including phenoxy) is 3. The SMILES string of the molecule is CCOc1c2c(nc3ccccc13)O[C@@H]1C[C@@H](C(=O)N[C@]3(C(=O)N[S@+]([O-])C4CC4)C[C@H]3CC)N(C1)C(=O)[C@H](C1CCCC1)NC(=O)OC1CCC[C@H]1CCCCC2. The molecule has 13 nitrogen and oxygen atoms in total. The van der Waals surface area contributed by atoms with Crippen LogP contribution in [0.5, 0.6) is 11.6 Å². The van der Waals surface area contributed by atoms with E-state index in [9.17, 15) is 23.7 Å². The molecule has 2 bridgehead atoms. The number of pyridine rings is 1. The number of fused-ring (bicyclic) bond motifs is 5. The first-order chi connectivity index (χ1) is 27.7. The number of carbonyl (C=O) groups excluding carboxylic acids is 4. The topological polar surface area (TPSA) is 171 Å². The van der Waals surface area contributed by atoms with Crippen LogP contribution in [-0.2, 0) is 36.9 Å². The highest BCUT2D eigenvalue weighted by Crippen LogP contribution is 2.47. The van der Waals surface area contributed by atoms with E-state index in [-0.39, 0.29) is 48.0 Å². The van der Waals surface area contributed by atoms with Crippen molar-refractivity contribution in [1.82, 2.24) is 25.2 Å². The zero-order chi connectivity index (χ0) is 39.7. The second kappa shape index (κ2) is 17.2. The summed E-state index contributed by atoms with van der Waals surface area (Å²) in [6.07, 6.45) is 12.2. The minimum Gasteiger partial charge on any atom is -0.593 e. The molecule has 4 amide bonds. The van der Waals surface area contributed by atoms with Gasteiger partial charge >= 0.3 is 6.09 Å². The molecular formula is C43H59N5O8S. The molecule has 4 saturated carbocycles. The van der Waals surface area contributed by atoms with Crippen molar-refractivity contribution >= 4 is 46.1 Å². The van der Waals surface area contributed by atoms with E-state index in [4.69, 9.17) is 19.2 Å². The Morgan fingerprint density at radius 2 is 1.74 bits per heavy atom. The number of nitrogens with zero attached hydrogens (tertiary/aromatic N) is 2. The van der Waals surface area contributed by atoms with Crippen LogP contribution >= 0.6 is 0 Å². The van der Waals surface area contributed by atoms with Gasteiger partial charge in [0.15, 0.2) is 0 Å². The average molecular weight is 806 g/mol. The molecule has 5 fully saturated rings. The Balaban J connectivity index is 1.14. The summed E-state index contributed by atoms with van der Waals surface area (Å²) in [6, 6.07) is 5.99. The quantitative estimate of drug-likeness (QED) is 0.266. The Bertz CT molecular complexity index is 1820. The van der Waals surface area contributed by atoms with Gasteiger partial charge in [0.1, 0.15) is 40.8 Å². The third kappa shape index (κ3) is 8.54. The van der Waals surface area contributed by atoms with Crippen LogP contribution in [0.1, 0.15) is 122 Å². The second-order valence-electron chi connectivity index (χ2n) is 17.3. The molecule has 1 saturated heterocycles. The molecule has 0 spiro atoms. The van der Waals surface area contributed by atoms with Crippen LogP contribution in [0.25, 0.3) is 10.9 Å². The summed E-state index contributed by atoms with van der Waals surface area (Å²) in [5, 5.41) is 6.92. The molecule has 4 aliphatic carbocycles. The first kappa shape index (κ1) is 40.0. The molecule has 8 atom stereocenters. The van der Waals surface area contributed by atoms with Crippen molar-refractivity contribution < 1.29 is 37.9 Å². The predicted octanol–water partition coefficient (Wildman–Crippen LogP) is 5.78. The minimum atomic E-state index is -1.51. The van der Waals surface area contributed by atoms with Gasteiger partial charge in [-0.15, -0.1) is 0 Å². The fraction of sp³-hybridized carbons (Fsp3) is 0.698. The standard InChI is InChI=1S/C43H59N5O8S/c1-3-28-24-43(28,41(51)47-57(53)30-21-22-30)46-38(49)34-23-29-25-48(34)40(50)36(27-14-8-9-15-27)45-42(52)56-35-20-12-16-26(35)13-6-5-7-18-32-37(54-4-2)31-17-10-11-19-33(31)44-39(32)55-29/h10-11,17,19,26-30,34-36H,3-9,12-16,18,20-25H2,1-2H3,(H,45,52)(H,46,49)(H,47,51)/t26-,28-,29-,34+,35?,36+,43-,57-/m1/s1. The van der Waals surface area contributed by atoms with Crippen molar-refractivity contribution in [2.75, 3.05) is 13.2 Å². The van der Waals surface area contributed by atoms with Gasteiger partial charge in [0.05, 0.1) is 35.6 Å². The number of benzene rings is 1. The maximum Gasteiger partial charge on any atom is 0.408 e. The second-order valence-corrected chi connectivity index (χ2v) is 18.7. The van der Waals surface area contributed by atoms with Gasteiger partial charge in [-0.1, -0.05) is 51.2 Å². The summed E-state index contributed by atoms with van der Waals surface area (Å²) in [5.74, 6) is -0.0431. The van der Waals surface area contributed by atoms with Crippen LogP contribution < -0.4 is 24.8 Å². The fourth-order valence-electron chi connectivity index (χ4n) is 10.0. The summed E-state index contributed by atoms with van der Waals surface area (Å²) < 4.78 is 34.7. The van der Waals surface area contributed by atoms with Gasteiger partial charge in [0.25, 0.3) is 5.91 Å². The van der Waals surface area contributed by atoms with Gasteiger partial charge in [-0.25, -0.2) is 9.78 Å². The Kier molecular flexibility index (Phi) is 12.1. The molecule has 2 aliphatic heterocycles. The van der Waals surface area contributed by atoms with E-state index >= 15 is 0 Å². The van der Waals surface area contributed by atoms with E-state index in [2.05, 4.69) is 15.4 Å². The lowest BCUT2D eigenvalue weighted by atomic mass is 9.96. The first-order valence-electron chi connectivity index (χ1n) is 21.7. The summed E-state index contributed by atoms with van der Waals surface area (Å²) in [4.78, 5) is 63.5. The van der Waals surface area contributed by atoms with E-state index in [1.54, 1.807) is 4.90 Å². The molecule has 0 radical (unpaired) electrons. The van der Waals surface area contributed by atoms with E-state index in [0.717, 1.165) is 106 Å².